The minimum atomic E-state index is -0.312. The largest absolute Gasteiger partial charge is 0.459 e. The molecule has 0 aliphatic rings. The highest BCUT2D eigenvalue weighted by molar-refractivity contribution is 5.95. The molecule has 2 aromatic heterocycles. The van der Waals surface area contributed by atoms with E-state index < -0.39 is 0 Å². The molecule has 0 aliphatic heterocycles. The third-order valence-electron chi connectivity index (χ3n) is 4.02. The van der Waals surface area contributed by atoms with E-state index in [2.05, 4.69) is 10.4 Å². The first-order valence-electron chi connectivity index (χ1n) is 8.33. The lowest BCUT2D eigenvalue weighted by Gasteiger charge is -2.07. The molecular formula is C21H17N3O2. The van der Waals surface area contributed by atoms with E-state index in [0.717, 1.165) is 16.8 Å². The number of rotatable bonds is 5. The van der Waals surface area contributed by atoms with Gasteiger partial charge in [0.1, 0.15) is 5.82 Å². The summed E-state index contributed by atoms with van der Waals surface area (Å²) in [5.41, 5.74) is 2.79. The maximum absolute atomic E-state index is 12.8. The van der Waals surface area contributed by atoms with Gasteiger partial charge in [0.15, 0.2) is 5.76 Å². The Bertz CT molecular complexity index is 990. The summed E-state index contributed by atoms with van der Waals surface area (Å²) in [5.74, 6) is 0.553. The van der Waals surface area contributed by atoms with Gasteiger partial charge in [-0.2, -0.15) is 9.78 Å². The number of hydrogen-bond acceptors (Lipinski definition) is 4. The molecule has 4 rings (SSSR count). The van der Waals surface area contributed by atoms with Gasteiger partial charge < -0.3 is 9.73 Å². The molecule has 0 fully saturated rings. The maximum atomic E-state index is 12.8. The first kappa shape index (κ1) is 15.9. The molecule has 2 heterocycles. The number of benzene rings is 2. The first-order valence-corrected chi connectivity index (χ1v) is 8.33. The Morgan fingerprint density at radius 1 is 0.962 bits per heavy atom. The first-order chi connectivity index (χ1) is 12.8. The molecule has 128 valence electrons. The molecular weight excluding hydrogens is 326 g/mol. The second kappa shape index (κ2) is 7.11. The van der Waals surface area contributed by atoms with Crippen LogP contribution in [0.2, 0.25) is 0 Å². The quantitative estimate of drug-likeness (QED) is 0.582. The minimum Gasteiger partial charge on any atom is -0.459 e. The van der Waals surface area contributed by atoms with E-state index in [1.807, 2.05) is 66.7 Å². The summed E-state index contributed by atoms with van der Waals surface area (Å²) in [6, 6.07) is 25.0. The van der Waals surface area contributed by atoms with Gasteiger partial charge in [-0.25, -0.2) is 0 Å². The molecule has 5 heteroatoms. The van der Waals surface area contributed by atoms with E-state index in [-0.39, 0.29) is 11.7 Å². The molecule has 0 spiro atoms. The average molecular weight is 343 g/mol. The van der Waals surface area contributed by atoms with E-state index >= 15 is 0 Å². The normalized spacial score (nSPS) is 10.6. The van der Waals surface area contributed by atoms with Crippen LogP contribution in [0.15, 0.2) is 89.5 Å². The predicted molar refractivity (Wildman–Crippen MR) is 99.9 cm³/mol. The number of carbonyl (C=O) groups is 1. The predicted octanol–water partition coefficient (Wildman–Crippen LogP) is 4.44. The highest BCUT2D eigenvalue weighted by atomic mass is 16.3. The molecule has 0 unspecified atom stereocenters. The molecule has 0 saturated carbocycles. The van der Waals surface area contributed by atoms with Gasteiger partial charge in [0.25, 0.3) is 0 Å². The van der Waals surface area contributed by atoms with Crippen LogP contribution in [-0.2, 0) is 6.54 Å². The molecule has 0 aliphatic carbocycles. The van der Waals surface area contributed by atoms with Crippen LogP contribution in [0, 0.1) is 0 Å². The summed E-state index contributed by atoms with van der Waals surface area (Å²) in [7, 11) is 0. The number of anilines is 1. The number of aromatic nitrogens is 2. The molecule has 5 nitrogen and oxygen atoms in total. The van der Waals surface area contributed by atoms with Gasteiger partial charge in [-0.05, 0) is 17.7 Å². The lowest BCUT2D eigenvalue weighted by atomic mass is 10.1. The summed E-state index contributed by atoms with van der Waals surface area (Å²) in [5, 5.41) is 7.79. The van der Waals surface area contributed by atoms with Gasteiger partial charge in [0, 0.05) is 18.2 Å². The van der Waals surface area contributed by atoms with E-state index in [0.29, 0.717) is 12.4 Å². The van der Waals surface area contributed by atoms with Crippen molar-refractivity contribution in [2.45, 2.75) is 6.54 Å². The molecule has 0 bridgehead atoms. The van der Waals surface area contributed by atoms with E-state index in [4.69, 9.17) is 4.42 Å². The van der Waals surface area contributed by atoms with Gasteiger partial charge in [-0.3, -0.25) is 4.79 Å². The van der Waals surface area contributed by atoms with Crippen LogP contribution in [-0.4, -0.2) is 15.7 Å². The second-order valence-corrected chi connectivity index (χ2v) is 5.81. The molecule has 0 atom stereocenters. The van der Waals surface area contributed by atoms with Crippen LogP contribution in [0.4, 0.5) is 5.82 Å². The molecule has 0 amide bonds. The number of carbonyl (C=O) groups excluding carboxylic acids is 1. The van der Waals surface area contributed by atoms with Gasteiger partial charge in [0.05, 0.1) is 12.0 Å². The number of hydrogen-bond donors (Lipinski definition) is 1. The molecule has 2 aromatic carbocycles. The Hall–Kier alpha value is -3.60. The minimum absolute atomic E-state index is 0.246. The van der Waals surface area contributed by atoms with Crippen molar-refractivity contribution in [3.63, 3.8) is 0 Å². The van der Waals surface area contributed by atoms with Gasteiger partial charge in [0.2, 0.25) is 0 Å². The van der Waals surface area contributed by atoms with Gasteiger partial charge in [-0.15, -0.1) is 0 Å². The van der Waals surface area contributed by atoms with E-state index in [9.17, 15) is 4.79 Å². The fraction of sp³-hybridized carbons (Fsp3) is 0.0476. The van der Waals surface area contributed by atoms with Gasteiger partial charge in [-0.1, -0.05) is 60.7 Å². The van der Waals surface area contributed by atoms with Crippen LogP contribution < -0.4 is 5.32 Å². The van der Waals surface area contributed by atoms with Crippen molar-refractivity contribution in [2.75, 3.05) is 5.32 Å². The van der Waals surface area contributed by atoms with Gasteiger partial charge >= 0.3 is 5.91 Å². The van der Waals surface area contributed by atoms with Crippen LogP contribution in [0.25, 0.3) is 11.3 Å². The summed E-state index contributed by atoms with van der Waals surface area (Å²) >= 11 is 0. The monoisotopic (exact) mass is 343 g/mol. The zero-order valence-corrected chi connectivity index (χ0v) is 14.0. The van der Waals surface area contributed by atoms with Crippen molar-refractivity contribution in [2.24, 2.45) is 0 Å². The third-order valence-corrected chi connectivity index (χ3v) is 4.02. The summed E-state index contributed by atoms with van der Waals surface area (Å²) in [6.07, 6.45) is 1.48. The highest BCUT2D eigenvalue weighted by Gasteiger charge is 2.19. The summed E-state index contributed by atoms with van der Waals surface area (Å²) in [6.45, 7) is 0.589. The summed E-state index contributed by atoms with van der Waals surface area (Å²) < 4.78 is 6.60. The Morgan fingerprint density at radius 3 is 2.38 bits per heavy atom. The van der Waals surface area contributed by atoms with Crippen LogP contribution in [0.3, 0.4) is 0 Å². The van der Waals surface area contributed by atoms with Crippen molar-refractivity contribution in [1.29, 1.82) is 0 Å². The third kappa shape index (κ3) is 3.28. The Balaban J connectivity index is 1.68. The second-order valence-electron chi connectivity index (χ2n) is 5.81. The lowest BCUT2D eigenvalue weighted by molar-refractivity contribution is 0.0920. The zero-order valence-electron chi connectivity index (χ0n) is 14.0. The number of nitrogens with one attached hydrogen (secondary N) is 1. The SMILES string of the molecule is O=C(c1ccco1)n1nc(-c2ccccc2)cc1NCc1ccccc1. The molecule has 0 saturated heterocycles. The van der Waals surface area contributed by atoms with Crippen molar-refractivity contribution in [3.05, 3.63) is 96.4 Å². The molecule has 0 radical (unpaired) electrons. The standard InChI is InChI=1S/C21H17N3O2/c25-21(19-12-7-13-26-19)24-20(22-15-16-8-3-1-4-9-16)14-18(23-24)17-10-5-2-6-11-17/h1-14,22H,15H2. The smallest absolute Gasteiger partial charge is 0.315 e. The molecule has 4 aromatic rings. The van der Waals surface area contributed by atoms with Crippen molar-refractivity contribution < 1.29 is 9.21 Å². The topological polar surface area (TPSA) is 60.1 Å². The lowest BCUT2D eigenvalue weighted by Crippen LogP contribution is -2.16. The number of nitrogens with zero attached hydrogens (tertiary/aromatic N) is 2. The van der Waals surface area contributed by atoms with Crippen LogP contribution in [0.5, 0.6) is 0 Å². The summed E-state index contributed by atoms with van der Waals surface area (Å²) in [4.78, 5) is 12.8. The van der Waals surface area contributed by atoms with E-state index in [1.165, 1.54) is 10.9 Å². The van der Waals surface area contributed by atoms with Crippen LogP contribution in [0.1, 0.15) is 16.1 Å². The van der Waals surface area contributed by atoms with E-state index in [1.54, 1.807) is 12.1 Å². The van der Waals surface area contributed by atoms with Crippen LogP contribution >= 0.6 is 0 Å². The highest BCUT2D eigenvalue weighted by Crippen LogP contribution is 2.23. The molecule has 26 heavy (non-hydrogen) atoms. The molecule has 1 N–H and O–H groups in total. The Labute approximate surface area is 150 Å². The van der Waals surface area contributed by atoms with Crippen molar-refractivity contribution >= 4 is 11.7 Å². The zero-order chi connectivity index (χ0) is 17.8. The van der Waals surface area contributed by atoms with Crippen molar-refractivity contribution in [1.82, 2.24) is 9.78 Å². The Morgan fingerprint density at radius 2 is 1.69 bits per heavy atom. The fourth-order valence-electron chi connectivity index (χ4n) is 2.70. The maximum Gasteiger partial charge on any atom is 0.315 e. The Kier molecular flexibility index (Phi) is 4.35. The van der Waals surface area contributed by atoms with Crippen molar-refractivity contribution in [3.8, 4) is 11.3 Å². The average Bonchev–Trinajstić information content (AvgIpc) is 3.38. The number of furan rings is 1. The fourth-order valence-corrected chi connectivity index (χ4v) is 2.70.